The maximum Gasteiger partial charge on any atom is 0.221 e. The lowest BCUT2D eigenvalue weighted by atomic mass is 10.2. The molecule has 0 aliphatic carbocycles. The van der Waals surface area contributed by atoms with E-state index in [4.69, 9.17) is 16.3 Å². The van der Waals surface area contributed by atoms with E-state index >= 15 is 0 Å². The molecule has 0 atom stereocenters. The zero-order valence-electron chi connectivity index (χ0n) is 12.9. The number of hydrogen-bond donors (Lipinski definition) is 2. The highest BCUT2D eigenvalue weighted by Crippen LogP contribution is 2.16. The molecule has 6 heteroatoms. The van der Waals surface area contributed by atoms with Gasteiger partial charge in [0.05, 0.1) is 6.61 Å². The number of benzene rings is 1. The fourth-order valence-corrected chi connectivity index (χ4v) is 1.97. The van der Waals surface area contributed by atoms with E-state index < -0.39 is 0 Å². The van der Waals surface area contributed by atoms with Crippen molar-refractivity contribution in [3.8, 4) is 5.75 Å². The number of nitrogens with one attached hydrogen (secondary N) is 2. The van der Waals surface area contributed by atoms with Crippen molar-refractivity contribution in [3.05, 3.63) is 29.8 Å². The first-order valence-electron chi connectivity index (χ1n) is 7.41. The van der Waals surface area contributed by atoms with Crippen LogP contribution in [0.2, 0.25) is 0 Å². The van der Waals surface area contributed by atoms with Crippen LogP contribution >= 0.6 is 11.6 Å². The van der Waals surface area contributed by atoms with Crippen molar-refractivity contribution >= 4 is 23.4 Å². The standard InChI is InChI=1S/C16H23ClN2O3/c1-13-5-2-3-6-14(13)22-12-4-7-15(20)18-10-11-19-16(21)8-9-17/h2-3,5-6H,4,7-12H2,1H3,(H,18,20)(H,19,21). The molecule has 0 aliphatic rings. The molecule has 122 valence electrons. The Labute approximate surface area is 136 Å². The first-order valence-corrected chi connectivity index (χ1v) is 7.94. The minimum absolute atomic E-state index is 0.0417. The first kappa shape index (κ1) is 18.3. The quantitative estimate of drug-likeness (QED) is 0.510. The van der Waals surface area contributed by atoms with Gasteiger partial charge in [0.15, 0.2) is 0 Å². The molecule has 0 saturated carbocycles. The number of rotatable bonds is 10. The molecule has 0 spiro atoms. The SMILES string of the molecule is Cc1ccccc1OCCCC(=O)NCCNC(=O)CCCl. The van der Waals surface area contributed by atoms with E-state index in [0.717, 1.165) is 11.3 Å². The molecule has 0 fully saturated rings. The van der Waals surface area contributed by atoms with Crippen LogP contribution in [-0.2, 0) is 9.59 Å². The van der Waals surface area contributed by atoms with Crippen molar-refractivity contribution in [3.63, 3.8) is 0 Å². The maximum atomic E-state index is 11.6. The van der Waals surface area contributed by atoms with E-state index in [2.05, 4.69) is 10.6 Å². The topological polar surface area (TPSA) is 67.4 Å². The molecule has 5 nitrogen and oxygen atoms in total. The van der Waals surface area contributed by atoms with Gasteiger partial charge in [0, 0.05) is 31.8 Å². The van der Waals surface area contributed by atoms with Gasteiger partial charge in [-0.25, -0.2) is 0 Å². The lowest BCUT2D eigenvalue weighted by molar-refractivity contribution is -0.122. The van der Waals surface area contributed by atoms with Gasteiger partial charge in [0.1, 0.15) is 5.75 Å². The molecule has 0 saturated heterocycles. The van der Waals surface area contributed by atoms with Crippen molar-refractivity contribution in [1.82, 2.24) is 10.6 Å². The number of para-hydroxylation sites is 1. The van der Waals surface area contributed by atoms with Crippen molar-refractivity contribution in [1.29, 1.82) is 0 Å². The summed E-state index contributed by atoms with van der Waals surface area (Å²) in [7, 11) is 0. The highest BCUT2D eigenvalue weighted by molar-refractivity contribution is 6.18. The molecular formula is C16H23ClN2O3. The summed E-state index contributed by atoms with van der Waals surface area (Å²) in [4.78, 5) is 22.7. The largest absolute Gasteiger partial charge is 0.493 e. The number of hydrogen-bond acceptors (Lipinski definition) is 3. The van der Waals surface area contributed by atoms with Crippen LogP contribution in [0.25, 0.3) is 0 Å². The smallest absolute Gasteiger partial charge is 0.221 e. The van der Waals surface area contributed by atoms with Gasteiger partial charge in [0.25, 0.3) is 0 Å². The van der Waals surface area contributed by atoms with Crippen LogP contribution in [0.5, 0.6) is 5.75 Å². The van der Waals surface area contributed by atoms with E-state index in [1.165, 1.54) is 0 Å². The molecule has 22 heavy (non-hydrogen) atoms. The van der Waals surface area contributed by atoms with Gasteiger partial charge in [-0.15, -0.1) is 11.6 Å². The Hall–Kier alpha value is -1.75. The Morgan fingerprint density at radius 1 is 1.09 bits per heavy atom. The Morgan fingerprint density at radius 3 is 2.36 bits per heavy atom. The van der Waals surface area contributed by atoms with Gasteiger partial charge in [-0.05, 0) is 25.0 Å². The Bertz CT molecular complexity index is 480. The molecule has 0 aliphatic heterocycles. The number of aryl methyl sites for hydroxylation is 1. The zero-order chi connectivity index (χ0) is 16.2. The summed E-state index contributed by atoms with van der Waals surface area (Å²) in [6, 6.07) is 7.79. The van der Waals surface area contributed by atoms with E-state index in [9.17, 15) is 9.59 Å². The number of alkyl halides is 1. The molecule has 0 heterocycles. The summed E-state index contributed by atoms with van der Waals surface area (Å²) < 4.78 is 5.62. The van der Waals surface area contributed by atoms with Crippen LogP contribution in [0.1, 0.15) is 24.8 Å². The van der Waals surface area contributed by atoms with Gasteiger partial charge in [-0.2, -0.15) is 0 Å². The van der Waals surface area contributed by atoms with Crippen LogP contribution in [0.3, 0.4) is 0 Å². The predicted molar refractivity (Wildman–Crippen MR) is 87.3 cm³/mol. The molecule has 1 rings (SSSR count). The molecule has 0 unspecified atom stereocenters. The molecule has 0 aromatic heterocycles. The molecule has 1 aromatic rings. The second kappa shape index (κ2) is 10.9. The Morgan fingerprint density at radius 2 is 1.73 bits per heavy atom. The summed E-state index contributed by atoms with van der Waals surface area (Å²) in [5, 5.41) is 5.42. The van der Waals surface area contributed by atoms with Crippen LogP contribution in [-0.4, -0.2) is 37.4 Å². The molecule has 0 radical (unpaired) electrons. The maximum absolute atomic E-state index is 11.6. The number of carbonyl (C=O) groups is 2. The Kier molecular flexibility index (Phi) is 9.07. The minimum atomic E-state index is -0.101. The van der Waals surface area contributed by atoms with E-state index in [-0.39, 0.29) is 11.8 Å². The predicted octanol–water partition coefficient (Wildman–Crippen LogP) is 2.02. The van der Waals surface area contributed by atoms with E-state index in [1.807, 2.05) is 31.2 Å². The third kappa shape index (κ3) is 7.88. The van der Waals surface area contributed by atoms with Crippen molar-refractivity contribution in [2.45, 2.75) is 26.2 Å². The van der Waals surface area contributed by atoms with E-state index in [1.54, 1.807) is 0 Å². The minimum Gasteiger partial charge on any atom is -0.493 e. The first-order chi connectivity index (χ1) is 10.6. The van der Waals surface area contributed by atoms with Gasteiger partial charge in [-0.3, -0.25) is 9.59 Å². The number of carbonyl (C=O) groups excluding carboxylic acids is 2. The molecular weight excluding hydrogens is 304 g/mol. The molecule has 0 bridgehead atoms. The summed E-state index contributed by atoms with van der Waals surface area (Å²) in [6.45, 7) is 3.33. The zero-order valence-corrected chi connectivity index (χ0v) is 13.6. The third-order valence-electron chi connectivity index (χ3n) is 2.99. The highest BCUT2D eigenvalue weighted by atomic mass is 35.5. The fraction of sp³-hybridized carbons (Fsp3) is 0.500. The van der Waals surface area contributed by atoms with Gasteiger partial charge < -0.3 is 15.4 Å². The monoisotopic (exact) mass is 326 g/mol. The van der Waals surface area contributed by atoms with Crippen LogP contribution in [0, 0.1) is 6.92 Å². The Balaban J connectivity index is 2.04. The lowest BCUT2D eigenvalue weighted by Crippen LogP contribution is -2.34. The molecule has 2 N–H and O–H groups in total. The number of halogens is 1. The van der Waals surface area contributed by atoms with Gasteiger partial charge in [-0.1, -0.05) is 18.2 Å². The fourth-order valence-electron chi connectivity index (χ4n) is 1.80. The molecule has 2 amide bonds. The van der Waals surface area contributed by atoms with Gasteiger partial charge >= 0.3 is 0 Å². The summed E-state index contributed by atoms with van der Waals surface area (Å²) in [6.07, 6.45) is 1.35. The third-order valence-corrected chi connectivity index (χ3v) is 3.18. The number of amides is 2. The average Bonchev–Trinajstić information content (AvgIpc) is 2.50. The van der Waals surface area contributed by atoms with Crippen molar-refractivity contribution in [2.24, 2.45) is 0 Å². The normalized spacial score (nSPS) is 10.1. The van der Waals surface area contributed by atoms with Crippen molar-refractivity contribution in [2.75, 3.05) is 25.6 Å². The highest BCUT2D eigenvalue weighted by Gasteiger charge is 2.03. The van der Waals surface area contributed by atoms with Gasteiger partial charge in [0.2, 0.25) is 11.8 Å². The van der Waals surface area contributed by atoms with E-state index in [0.29, 0.717) is 44.8 Å². The second-order valence-electron chi connectivity index (χ2n) is 4.86. The number of ether oxygens (including phenoxy) is 1. The summed E-state index contributed by atoms with van der Waals surface area (Å²) in [5.41, 5.74) is 1.08. The van der Waals surface area contributed by atoms with Crippen LogP contribution < -0.4 is 15.4 Å². The van der Waals surface area contributed by atoms with Crippen molar-refractivity contribution < 1.29 is 14.3 Å². The average molecular weight is 327 g/mol. The van der Waals surface area contributed by atoms with Crippen LogP contribution in [0.15, 0.2) is 24.3 Å². The lowest BCUT2D eigenvalue weighted by Gasteiger charge is -2.09. The molecule has 1 aromatic carbocycles. The second-order valence-corrected chi connectivity index (χ2v) is 5.23. The van der Waals surface area contributed by atoms with Crippen LogP contribution in [0.4, 0.5) is 0 Å². The summed E-state index contributed by atoms with van der Waals surface area (Å²) >= 11 is 5.44. The summed E-state index contributed by atoms with van der Waals surface area (Å²) in [5.74, 6) is 1.01.